The van der Waals surface area contributed by atoms with E-state index in [1.54, 1.807) is 43.3 Å². The van der Waals surface area contributed by atoms with E-state index in [-0.39, 0.29) is 29.9 Å². The number of nitrogens with one attached hydrogen (secondary N) is 2. The molecule has 0 aromatic heterocycles. The van der Waals surface area contributed by atoms with Gasteiger partial charge >= 0.3 is 5.97 Å². The first-order chi connectivity index (χ1) is 13.3. The third-order valence-corrected chi connectivity index (χ3v) is 5.39. The lowest BCUT2D eigenvalue weighted by Gasteiger charge is -2.14. The number of carbonyl (C=O) groups excluding carboxylic acids is 2. The standard InChI is InChI=1S/C20H21ClN2O4S/c1-12-16(21)7-4-8-17(12)23-20(27)13(2)28-15-6-3-5-14(11-15)22-18(24)9-10-19(25)26/h3-8,11,13H,9-10H2,1-2H3,(H,22,24)(H,23,27)(H,25,26). The minimum absolute atomic E-state index is 0.0928. The van der Waals surface area contributed by atoms with E-state index in [1.165, 1.54) is 11.8 Å². The number of anilines is 2. The lowest BCUT2D eigenvalue weighted by molar-refractivity contribution is -0.138. The summed E-state index contributed by atoms with van der Waals surface area (Å²) in [5.74, 6) is -1.55. The van der Waals surface area contributed by atoms with Crippen molar-refractivity contribution in [1.82, 2.24) is 0 Å². The van der Waals surface area contributed by atoms with Crippen molar-refractivity contribution in [3.63, 3.8) is 0 Å². The van der Waals surface area contributed by atoms with Gasteiger partial charge in [0.25, 0.3) is 0 Å². The molecule has 3 N–H and O–H groups in total. The van der Waals surface area contributed by atoms with Crippen molar-refractivity contribution in [2.45, 2.75) is 36.8 Å². The van der Waals surface area contributed by atoms with Crippen LogP contribution in [0.3, 0.4) is 0 Å². The normalized spacial score (nSPS) is 11.5. The molecule has 2 amide bonds. The second-order valence-corrected chi connectivity index (χ2v) is 7.95. The lowest BCUT2D eigenvalue weighted by atomic mass is 10.2. The molecule has 8 heteroatoms. The van der Waals surface area contributed by atoms with Crippen LogP contribution in [0.15, 0.2) is 47.4 Å². The van der Waals surface area contributed by atoms with Crippen LogP contribution in [0, 0.1) is 6.92 Å². The number of benzene rings is 2. The van der Waals surface area contributed by atoms with E-state index < -0.39 is 5.97 Å². The van der Waals surface area contributed by atoms with E-state index in [1.807, 2.05) is 13.0 Å². The maximum atomic E-state index is 12.5. The maximum Gasteiger partial charge on any atom is 0.303 e. The van der Waals surface area contributed by atoms with Crippen LogP contribution in [-0.2, 0) is 14.4 Å². The van der Waals surface area contributed by atoms with Crippen LogP contribution in [-0.4, -0.2) is 28.1 Å². The fourth-order valence-electron chi connectivity index (χ4n) is 2.33. The number of carboxylic acids is 1. The predicted molar refractivity (Wildman–Crippen MR) is 112 cm³/mol. The Kier molecular flexibility index (Phi) is 7.90. The number of halogens is 1. The molecule has 0 saturated heterocycles. The quantitative estimate of drug-likeness (QED) is 0.543. The maximum absolute atomic E-state index is 12.5. The Morgan fingerprint density at radius 1 is 1.11 bits per heavy atom. The van der Waals surface area contributed by atoms with Gasteiger partial charge in [-0.2, -0.15) is 0 Å². The summed E-state index contributed by atoms with van der Waals surface area (Å²) in [4.78, 5) is 35.6. The van der Waals surface area contributed by atoms with Crippen molar-refractivity contribution >= 4 is 52.5 Å². The molecule has 6 nitrogen and oxygen atoms in total. The highest BCUT2D eigenvalue weighted by Gasteiger charge is 2.16. The van der Waals surface area contributed by atoms with Gasteiger partial charge in [0.1, 0.15) is 0 Å². The largest absolute Gasteiger partial charge is 0.481 e. The average molecular weight is 421 g/mol. The van der Waals surface area contributed by atoms with Crippen molar-refractivity contribution < 1.29 is 19.5 Å². The Bertz CT molecular complexity index is 888. The van der Waals surface area contributed by atoms with E-state index in [0.29, 0.717) is 16.4 Å². The zero-order valence-corrected chi connectivity index (χ0v) is 17.1. The lowest BCUT2D eigenvalue weighted by Crippen LogP contribution is -2.22. The Hall–Kier alpha value is -2.51. The highest BCUT2D eigenvalue weighted by atomic mass is 35.5. The van der Waals surface area contributed by atoms with Crippen molar-refractivity contribution in [3.8, 4) is 0 Å². The minimum Gasteiger partial charge on any atom is -0.481 e. The molecule has 0 aliphatic rings. The monoisotopic (exact) mass is 420 g/mol. The SMILES string of the molecule is Cc1c(Cl)cccc1NC(=O)C(C)Sc1cccc(NC(=O)CCC(=O)O)c1. The molecule has 0 bridgehead atoms. The molecular formula is C20H21ClN2O4S. The van der Waals surface area contributed by atoms with Crippen LogP contribution in [0.5, 0.6) is 0 Å². The summed E-state index contributed by atoms with van der Waals surface area (Å²) in [5, 5.41) is 14.4. The van der Waals surface area contributed by atoms with Gasteiger partial charge in [0.2, 0.25) is 11.8 Å². The van der Waals surface area contributed by atoms with Crippen LogP contribution < -0.4 is 10.6 Å². The van der Waals surface area contributed by atoms with Gasteiger partial charge in [-0.15, -0.1) is 11.8 Å². The van der Waals surface area contributed by atoms with Gasteiger partial charge in [0.15, 0.2) is 0 Å². The third-order valence-electron chi connectivity index (χ3n) is 3.89. The van der Waals surface area contributed by atoms with E-state index in [2.05, 4.69) is 10.6 Å². The molecule has 0 aliphatic heterocycles. The molecule has 1 unspecified atom stereocenters. The van der Waals surface area contributed by atoms with Gasteiger partial charge < -0.3 is 15.7 Å². The summed E-state index contributed by atoms with van der Waals surface area (Å²) < 4.78 is 0. The summed E-state index contributed by atoms with van der Waals surface area (Å²) in [7, 11) is 0. The summed E-state index contributed by atoms with van der Waals surface area (Å²) in [6.07, 6.45) is -0.315. The number of rotatable bonds is 8. The molecule has 0 fully saturated rings. The van der Waals surface area contributed by atoms with Crippen molar-refractivity contribution in [2.75, 3.05) is 10.6 Å². The Morgan fingerprint density at radius 2 is 1.82 bits per heavy atom. The Morgan fingerprint density at radius 3 is 2.54 bits per heavy atom. The van der Waals surface area contributed by atoms with Gasteiger partial charge in [-0.3, -0.25) is 14.4 Å². The second kappa shape index (κ2) is 10.1. The topological polar surface area (TPSA) is 95.5 Å². The average Bonchev–Trinajstić information content (AvgIpc) is 2.64. The predicted octanol–water partition coefficient (Wildman–Crippen LogP) is 4.57. The van der Waals surface area contributed by atoms with Crippen LogP contribution >= 0.6 is 23.4 Å². The summed E-state index contributed by atoms with van der Waals surface area (Å²) in [6.45, 7) is 3.63. The fraction of sp³-hybridized carbons (Fsp3) is 0.250. The zero-order chi connectivity index (χ0) is 20.7. The van der Waals surface area contributed by atoms with Gasteiger partial charge in [0, 0.05) is 27.7 Å². The third kappa shape index (κ3) is 6.58. The van der Waals surface area contributed by atoms with Gasteiger partial charge in [0.05, 0.1) is 11.7 Å². The molecule has 148 valence electrons. The fourth-order valence-corrected chi connectivity index (χ4v) is 3.43. The van der Waals surface area contributed by atoms with Crippen LogP contribution in [0.25, 0.3) is 0 Å². The first-order valence-corrected chi connectivity index (χ1v) is 9.86. The van der Waals surface area contributed by atoms with E-state index in [0.717, 1.165) is 10.5 Å². The summed E-state index contributed by atoms with van der Waals surface area (Å²) in [6, 6.07) is 12.4. The van der Waals surface area contributed by atoms with Crippen molar-refractivity contribution in [1.29, 1.82) is 0 Å². The minimum atomic E-state index is -1.02. The highest BCUT2D eigenvalue weighted by Crippen LogP contribution is 2.28. The number of aliphatic carboxylic acids is 1. The molecule has 0 spiro atoms. The van der Waals surface area contributed by atoms with Crippen molar-refractivity contribution in [2.24, 2.45) is 0 Å². The Labute approximate surface area is 172 Å². The molecule has 2 rings (SSSR count). The van der Waals surface area contributed by atoms with Gasteiger partial charge in [-0.25, -0.2) is 0 Å². The molecule has 0 aliphatic carbocycles. The molecule has 2 aromatic carbocycles. The molecular weight excluding hydrogens is 400 g/mol. The number of thioether (sulfide) groups is 1. The summed E-state index contributed by atoms with van der Waals surface area (Å²) in [5.41, 5.74) is 2.03. The number of hydrogen-bond acceptors (Lipinski definition) is 4. The first-order valence-electron chi connectivity index (χ1n) is 8.60. The Balaban J connectivity index is 1.96. The highest BCUT2D eigenvalue weighted by molar-refractivity contribution is 8.00. The van der Waals surface area contributed by atoms with Crippen LogP contribution in [0.2, 0.25) is 5.02 Å². The molecule has 0 heterocycles. The number of amides is 2. The van der Waals surface area contributed by atoms with Crippen molar-refractivity contribution in [3.05, 3.63) is 53.1 Å². The number of carboxylic acid groups (broad SMARTS) is 1. The van der Waals surface area contributed by atoms with E-state index in [4.69, 9.17) is 16.7 Å². The number of carbonyl (C=O) groups is 3. The van der Waals surface area contributed by atoms with Gasteiger partial charge in [-0.05, 0) is 49.7 Å². The summed E-state index contributed by atoms with van der Waals surface area (Å²) >= 11 is 7.43. The molecule has 28 heavy (non-hydrogen) atoms. The smallest absolute Gasteiger partial charge is 0.303 e. The molecule has 1 atom stereocenters. The molecule has 0 radical (unpaired) electrons. The molecule has 0 saturated carbocycles. The van der Waals surface area contributed by atoms with Crippen LogP contribution in [0.4, 0.5) is 11.4 Å². The second-order valence-electron chi connectivity index (χ2n) is 6.13. The van der Waals surface area contributed by atoms with Crippen LogP contribution in [0.1, 0.15) is 25.3 Å². The first kappa shape index (κ1) is 21.8. The van der Waals surface area contributed by atoms with E-state index in [9.17, 15) is 14.4 Å². The number of hydrogen-bond donors (Lipinski definition) is 3. The van der Waals surface area contributed by atoms with Gasteiger partial charge in [-0.1, -0.05) is 23.7 Å². The molecule has 2 aromatic rings. The zero-order valence-electron chi connectivity index (χ0n) is 15.5. The van der Waals surface area contributed by atoms with E-state index >= 15 is 0 Å².